The first-order valence-corrected chi connectivity index (χ1v) is 9.60. The van der Waals surface area contributed by atoms with E-state index in [1.54, 1.807) is 11.3 Å². The van der Waals surface area contributed by atoms with E-state index in [4.69, 9.17) is 4.99 Å². The highest BCUT2D eigenvalue weighted by Crippen LogP contribution is 2.19. The molecule has 0 amide bonds. The summed E-state index contributed by atoms with van der Waals surface area (Å²) in [5, 5.41) is 4.58. The van der Waals surface area contributed by atoms with Crippen LogP contribution in [0.15, 0.2) is 4.99 Å². The third-order valence-electron chi connectivity index (χ3n) is 4.50. The van der Waals surface area contributed by atoms with Crippen LogP contribution in [0.4, 0.5) is 0 Å². The molecule has 2 rings (SSSR count). The second-order valence-corrected chi connectivity index (χ2v) is 7.31. The van der Waals surface area contributed by atoms with Crippen LogP contribution in [0.2, 0.25) is 0 Å². The molecule has 1 atom stereocenters. The molecule has 1 aromatic heterocycles. The van der Waals surface area contributed by atoms with E-state index in [2.05, 4.69) is 54.7 Å². The van der Waals surface area contributed by atoms with Gasteiger partial charge in [-0.3, -0.25) is 4.90 Å². The lowest BCUT2D eigenvalue weighted by Gasteiger charge is -2.27. The van der Waals surface area contributed by atoms with Gasteiger partial charge in [-0.05, 0) is 40.3 Å². The van der Waals surface area contributed by atoms with Crippen molar-refractivity contribution in [1.29, 1.82) is 0 Å². The highest BCUT2D eigenvalue weighted by molar-refractivity contribution is 14.0. The number of aryl methyl sites for hydroxylation is 2. The van der Waals surface area contributed by atoms with E-state index in [1.165, 1.54) is 11.3 Å². The van der Waals surface area contributed by atoms with Crippen LogP contribution in [0, 0.1) is 13.8 Å². The van der Waals surface area contributed by atoms with Crippen LogP contribution in [-0.2, 0) is 6.54 Å². The van der Waals surface area contributed by atoms with Gasteiger partial charge >= 0.3 is 0 Å². The third kappa shape index (κ3) is 5.56. The maximum atomic E-state index is 4.87. The monoisotopic (exact) mass is 465 g/mol. The molecular formula is C17H32IN5S. The maximum absolute atomic E-state index is 4.87. The van der Waals surface area contributed by atoms with Crippen molar-refractivity contribution in [3.8, 4) is 0 Å². The average Bonchev–Trinajstić information content (AvgIpc) is 3.12. The minimum atomic E-state index is 0. The largest absolute Gasteiger partial charge is 0.357 e. The number of rotatable bonds is 6. The summed E-state index contributed by atoms with van der Waals surface area (Å²) in [7, 11) is 0. The number of hydrogen-bond donors (Lipinski definition) is 1. The number of guanidine groups is 1. The van der Waals surface area contributed by atoms with Gasteiger partial charge in [0.2, 0.25) is 0 Å². The molecule has 1 fully saturated rings. The fourth-order valence-electron chi connectivity index (χ4n) is 3.26. The fraction of sp³-hybridized carbons (Fsp3) is 0.765. The minimum Gasteiger partial charge on any atom is -0.357 e. The lowest BCUT2D eigenvalue weighted by molar-refractivity contribution is 0.223. The zero-order chi connectivity index (χ0) is 16.8. The second-order valence-electron chi connectivity index (χ2n) is 6.02. The van der Waals surface area contributed by atoms with E-state index in [0.29, 0.717) is 6.04 Å². The van der Waals surface area contributed by atoms with Gasteiger partial charge < -0.3 is 10.2 Å². The Bertz CT molecular complexity index is 527. The summed E-state index contributed by atoms with van der Waals surface area (Å²) in [5.74, 6) is 1.05. The van der Waals surface area contributed by atoms with E-state index in [9.17, 15) is 0 Å². The van der Waals surface area contributed by atoms with Gasteiger partial charge in [0.1, 0.15) is 0 Å². The molecular weight excluding hydrogens is 433 g/mol. The fourth-order valence-corrected chi connectivity index (χ4v) is 4.13. The molecule has 138 valence electrons. The van der Waals surface area contributed by atoms with Crippen molar-refractivity contribution in [3.05, 3.63) is 15.6 Å². The predicted molar refractivity (Wildman–Crippen MR) is 115 cm³/mol. The van der Waals surface area contributed by atoms with Crippen LogP contribution in [0.1, 0.15) is 42.8 Å². The lowest BCUT2D eigenvalue weighted by atomic mass is 10.2. The van der Waals surface area contributed by atoms with E-state index >= 15 is 0 Å². The van der Waals surface area contributed by atoms with Crippen molar-refractivity contribution < 1.29 is 0 Å². The van der Waals surface area contributed by atoms with Crippen molar-refractivity contribution >= 4 is 41.3 Å². The summed E-state index contributed by atoms with van der Waals surface area (Å²) in [5.41, 5.74) is 1.12. The molecule has 24 heavy (non-hydrogen) atoms. The Labute approximate surface area is 168 Å². The number of aliphatic imine (C=N–C) groups is 1. The third-order valence-corrected chi connectivity index (χ3v) is 5.56. The zero-order valence-corrected chi connectivity index (χ0v) is 18.8. The first-order valence-electron chi connectivity index (χ1n) is 8.79. The first-order chi connectivity index (χ1) is 11.1. The van der Waals surface area contributed by atoms with Crippen molar-refractivity contribution in [2.45, 2.75) is 53.6 Å². The molecule has 0 radical (unpaired) electrons. The Morgan fingerprint density at radius 1 is 1.33 bits per heavy atom. The number of halogens is 1. The SMILES string of the molecule is CCNC(=NCc1sc(C)nc1C)N1CCC(N(CC)CC)C1.I. The predicted octanol–water partition coefficient (Wildman–Crippen LogP) is 3.26. The topological polar surface area (TPSA) is 43.8 Å². The zero-order valence-electron chi connectivity index (χ0n) is 15.6. The molecule has 1 aliphatic rings. The second kappa shape index (κ2) is 10.6. The van der Waals surface area contributed by atoms with Gasteiger partial charge in [0.15, 0.2) is 5.96 Å². The van der Waals surface area contributed by atoms with Crippen molar-refractivity contribution in [3.63, 3.8) is 0 Å². The Hall–Kier alpha value is -0.410. The minimum absolute atomic E-state index is 0. The number of nitrogens with one attached hydrogen (secondary N) is 1. The molecule has 0 spiro atoms. The maximum Gasteiger partial charge on any atom is 0.194 e. The smallest absolute Gasteiger partial charge is 0.194 e. The summed E-state index contributed by atoms with van der Waals surface area (Å²) in [4.78, 5) is 15.6. The molecule has 1 aromatic rings. The van der Waals surface area contributed by atoms with Crippen LogP contribution in [0.25, 0.3) is 0 Å². The van der Waals surface area contributed by atoms with E-state index in [-0.39, 0.29) is 24.0 Å². The Morgan fingerprint density at radius 2 is 2.04 bits per heavy atom. The molecule has 2 heterocycles. The quantitative estimate of drug-likeness (QED) is 0.398. The standard InChI is InChI=1S/C17H31N5S.HI/c1-6-18-17(19-11-16-13(4)20-14(5)23-16)22-10-9-15(12-22)21(7-2)8-3;/h15H,6-12H2,1-5H3,(H,18,19);1H. The highest BCUT2D eigenvalue weighted by atomic mass is 127. The van der Waals surface area contributed by atoms with Crippen LogP contribution in [0.3, 0.4) is 0 Å². The van der Waals surface area contributed by atoms with Crippen molar-refractivity contribution in [2.24, 2.45) is 4.99 Å². The highest BCUT2D eigenvalue weighted by Gasteiger charge is 2.28. The number of nitrogens with zero attached hydrogens (tertiary/aromatic N) is 4. The Kier molecular flexibility index (Phi) is 9.51. The molecule has 0 aromatic carbocycles. The average molecular weight is 465 g/mol. The van der Waals surface area contributed by atoms with Gasteiger partial charge in [-0.15, -0.1) is 35.3 Å². The summed E-state index contributed by atoms with van der Waals surface area (Å²) in [6.45, 7) is 16.8. The summed E-state index contributed by atoms with van der Waals surface area (Å²) < 4.78 is 0. The van der Waals surface area contributed by atoms with Gasteiger partial charge in [-0.1, -0.05) is 13.8 Å². The summed E-state index contributed by atoms with van der Waals surface area (Å²) >= 11 is 1.76. The molecule has 0 aliphatic carbocycles. The van der Waals surface area contributed by atoms with Gasteiger partial charge in [-0.25, -0.2) is 9.98 Å². The summed E-state index contributed by atoms with van der Waals surface area (Å²) in [6.07, 6.45) is 1.23. The number of thiazole rings is 1. The first kappa shape index (κ1) is 21.6. The van der Waals surface area contributed by atoms with Gasteiger partial charge in [-0.2, -0.15) is 0 Å². The van der Waals surface area contributed by atoms with Gasteiger partial charge in [0.05, 0.1) is 17.2 Å². The molecule has 5 nitrogen and oxygen atoms in total. The van der Waals surface area contributed by atoms with Crippen molar-refractivity contribution in [2.75, 3.05) is 32.7 Å². The van der Waals surface area contributed by atoms with Gasteiger partial charge in [0, 0.05) is 30.6 Å². The number of likely N-dealkylation sites (tertiary alicyclic amines) is 1. The number of hydrogen-bond acceptors (Lipinski definition) is 4. The van der Waals surface area contributed by atoms with Crippen LogP contribution >= 0.6 is 35.3 Å². The molecule has 0 bridgehead atoms. The van der Waals surface area contributed by atoms with E-state index in [0.717, 1.165) is 55.9 Å². The normalized spacial score (nSPS) is 18.2. The summed E-state index contributed by atoms with van der Waals surface area (Å²) in [6, 6.07) is 0.654. The molecule has 1 unspecified atom stereocenters. The molecule has 1 saturated heterocycles. The Balaban J connectivity index is 0.00000288. The lowest BCUT2D eigenvalue weighted by Crippen LogP contribution is -2.43. The van der Waals surface area contributed by atoms with E-state index in [1.807, 2.05) is 0 Å². The molecule has 1 N–H and O–H groups in total. The van der Waals surface area contributed by atoms with E-state index < -0.39 is 0 Å². The number of aromatic nitrogens is 1. The van der Waals surface area contributed by atoms with Crippen LogP contribution in [-0.4, -0.2) is 59.5 Å². The molecule has 0 saturated carbocycles. The van der Waals surface area contributed by atoms with Crippen molar-refractivity contribution in [1.82, 2.24) is 20.1 Å². The Morgan fingerprint density at radius 3 is 2.58 bits per heavy atom. The van der Waals surface area contributed by atoms with Crippen LogP contribution < -0.4 is 5.32 Å². The molecule has 1 aliphatic heterocycles. The van der Waals surface area contributed by atoms with Crippen LogP contribution in [0.5, 0.6) is 0 Å². The molecule has 7 heteroatoms. The number of likely N-dealkylation sites (N-methyl/N-ethyl adjacent to an activating group) is 1. The van der Waals surface area contributed by atoms with Gasteiger partial charge in [0.25, 0.3) is 0 Å².